The van der Waals surface area contributed by atoms with Gasteiger partial charge in [0, 0.05) is 18.8 Å². The van der Waals surface area contributed by atoms with Crippen LogP contribution in [0.5, 0.6) is 0 Å². The summed E-state index contributed by atoms with van der Waals surface area (Å²) in [6, 6.07) is -1.42. The van der Waals surface area contributed by atoms with Gasteiger partial charge in [-0.05, 0) is 13.3 Å². The molecule has 0 spiro atoms. The zero-order valence-electron chi connectivity index (χ0n) is 13.0. The van der Waals surface area contributed by atoms with Crippen LogP contribution < -0.4 is 4.90 Å². The highest BCUT2D eigenvalue weighted by Crippen LogP contribution is 2.39. The van der Waals surface area contributed by atoms with E-state index in [0.717, 1.165) is 9.36 Å². The van der Waals surface area contributed by atoms with Crippen LogP contribution in [0.25, 0.3) is 0 Å². The summed E-state index contributed by atoms with van der Waals surface area (Å²) in [5, 5.41) is 16.5. The monoisotopic (exact) mass is 357 g/mol. The Labute approximate surface area is 139 Å². The van der Waals surface area contributed by atoms with E-state index in [1.54, 1.807) is 0 Å². The number of hydrogen-bond donors (Lipinski definition) is 1. The molecule has 0 bridgehead atoms. The number of amides is 1. The predicted octanol–water partition coefficient (Wildman–Crippen LogP) is 1.88. The van der Waals surface area contributed by atoms with Crippen LogP contribution in [0.3, 0.4) is 0 Å². The smallest absolute Gasteiger partial charge is 0.410 e. The molecule has 3 rings (SSSR count). The lowest BCUT2D eigenvalue weighted by Crippen LogP contribution is -2.43. The number of carbonyl (C=O) groups is 2. The molecule has 11 heteroatoms. The van der Waals surface area contributed by atoms with E-state index in [4.69, 9.17) is 5.11 Å². The Morgan fingerprint density at radius 3 is 2.72 bits per heavy atom. The van der Waals surface area contributed by atoms with Crippen LogP contribution in [0, 0.1) is 0 Å². The predicted molar refractivity (Wildman–Crippen MR) is 78.2 cm³/mol. The first-order valence-electron chi connectivity index (χ1n) is 7.39. The molecule has 0 fully saturated rings. The molecule has 3 heterocycles. The standard InChI is InChI=1S/C14H14F3N5O3/c1-8(13(24)25)21-7-9(6-19-21)12(23)20-5-3-10(14(15,16)17)22-11(20)2-4-18-22/h2,4,6-8,10H,3,5H2,1H3,(H,24,25). The molecular weight excluding hydrogens is 343 g/mol. The van der Waals surface area contributed by atoms with Crippen LogP contribution >= 0.6 is 0 Å². The van der Waals surface area contributed by atoms with Gasteiger partial charge in [-0.3, -0.25) is 14.4 Å². The number of carboxylic acid groups (broad SMARTS) is 1. The highest BCUT2D eigenvalue weighted by Gasteiger charge is 2.46. The van der Waals surface area contributed by atoms with Crippen LogP contribution in [-0.4, -0.2) is 49.3 Å². The van der Waals surface area contributed by atoms with Gasteiger partial charge >= 0.3 is 12.1 Å². The second-order valence-corrected chi connectivity index (χ2v) is 5.66. The van der Waals surface area contributed by atoms with Crippen molar-refractivity contribution in [2.24, 2.45) is 0 Å². The second kappa shape index (κ2) is 5.90. The third-order valence-corrected chi connectivity index (χ3v) is 4.07. The van der Waals surface area contributed by atoms with Crippen molar-refractivity contribution in [3.05, 3.63) is 30.2 Å². The summed E-state index contributed by atoms with van der Waals surface area (Å²) in [6.07, 6.45) is -1.12. The maximum atomic E-state index is 13.1. The maximum Gasteiger partial charge on any atom is 0.410 e. The number of nitrogens with zero attached hydrogens (tertiary/aromatic N) is 5. The first-order chi connectivity index (χ1) is 11.7. The average Bonchev–Trinajstić information content (AvgIpc) is 3.20. The number of anilines is 1. The third-order valence-electron chi connectivity index (χ3n) is 4.07. The summed E-state index contributed by atoms with van der Waals surface area (Å²) in [5.74, 6) is -1.64. The summed E-state index contributed by atoms with van der Waals surface area (Å²) in [4.78, 5) is 24.8. The Bertz CT molecular complexity index is 813. The van der Waals surface area contributed by atoms with Gasteiger partial charge in [-0.1, -0.05) is 0 Å². The fraction of sp³-hybridized carbons (Fsp3) is 0.429. The van der Waals surface area contributed by atoms with E-state index >= 15 is 0 Å². The minimum Gasteiger partial charge on any atom is -0.480 e. The molecule has 1 aliphatic rings. The first-order valence-corrected chi connectivity index (χ1v) is 7.39. The molecule has 134 valence electrons. The number of carbonyl (C=O) groups excluding carboxylic acids is 1. The normalized spacial score (nSPS) is 18.7. The molecule has 1 aliphatic heterocycles. The Balaban J connectivity index is 1.88. The van der Waals surface area contributed by atoms with Gasteiger partial charge in [0.05, 0.1) is 18.0 Å². The molecule has 0 radical (unpaired) electrons. The minimum atomic E-state index is -4.46. The zero-order chi connectivity index (χ0) is 18.4. The van der Waals surface area contributed by atoms with Crippen LogP contribution in [-0.2, 0) is 4.79 Å². The summed E-state index contributed by atoms with van der Waals surface area (Å²) >= 11 is 0. The Morgan fingerprint density at radius 1 is 1.36 bits per heavy atom. The molecule has 0 aliphatic carbocycles. The highest BCUT2D eigenvalue weighted by atomic mass is 19.4. The Kier molecular flexibility index (Phi) is 4.01. The second-order valence-electron chi connectivity index (χ2n) is 5.66. The van der Waals surface area contributed by atoms with Gasteiger partial charge in [-0.25, -0.2) is 9.48 Å². The minimum absolute atomic E-state index is 0.0395. The molecule has 2 aromatic heterocycles. The first kappa shape index (κ1) is 17.0. The van der Waals surface area contributed by atoms with Crippen LogP contribution in [0.2, 0.25) is 0 Å². The Hall–Kier alpha value is -2.85. The van der Waals surface area contributed by atoms with E-state index < -0.39 is 30.1 Å². The molecule has 0 saturated heterocycles. The number of hydrogen-bond acceptors (Lipinski definition) is 4. The number of halogens is 3. The molecular formula is C14H14F3N5O3. The van der Waals surface area contributed by atoms with E-state index in [0.29, 0.717) is 0 Å². The number of aliphatic carboxylic acids is 1. The summed E-state index contributed by atoms with van der Waals surface area (Å²) in [7, 11) is 0. The van der Waals surface area contributed by atoms with Crippen LogP contribution in [0.4, 0.5) is 19.0 Å². The van der Waals surface area contributed by atoms with Crippen molar-refractivity contribution in [3.8, 4) is 0 Å². The van der Waals surface area contributed by atoms with Crippen LogP contribution in [0.15, 0.2) is 24.7 Å². The van der Waals surface area contributed by atoms with Gasteiger partial charge in [-0.15, -0.1) is 0 Å². The molecule has 2 unspecified atom stereocenters. The average molecular weight is 357 g/mol. The van der Waals surface area contributed by atoms with Gasteiger partial charge in [0.1, 0.15) is 11.9 Å². The zero-order valence-corrected chi connectivity index (χ0v) is 13.0. The lowest BCUT2D eigenvalue weighted by molar-refractivity contribution is -0.172. The lowest BCUT2D eigenvalue weighted by Gasteiger charge is -2.33. The van der Waals surface area contributed by atoms with Crippen molar-refractivity contribution in [2.75, 3.05) is 11.4 Å². The van der Waals surface area contributed by atoms with Crippen molar-refractivity contribution < 1.29 is 27.9 Å². The number of aromatic nitrogens is 4. The van der Waals surface area contributed by atoms with Gasteiger partial charge < -0.3 is 5.11 Å². The third kappa shape index (κ3) is 2.96. The molecule has 25 heavy (non-hydrogen) atoms. The van der Waals surface area contributed by atoms with Gasteiger partial charge in [0.25, 0.3) is 5.91 Å². The molecule has 1 N–H and O–H groups in total. The van der Waals surface area contributed by atoms with E-state index in [9.17, 15) is 22.8 Å². The van der Waals surface area contributed by atoms with E-state index in [1.165, 1.54) is 36.5 Å². The van der Waals surface area contributed by atoms with Crippen molar-refractivity contribution in [2.45, 2.75) is 31.6 Å². The molecule has 0 aromatic carbocycles. The molecule has 0 saturated carbocycles. The molecule has 8 nitrogen and oxygen atoms in total. The van der Waals surface area contributed by atoms with Gasteiger partial charge in [0.15, 0.2) is 6.04 Å². The van der Waals surface area contributed by atoms with Crippen molar-refractivity contribution in [1.29, 1.82) is 0 Å². The molecule has 2 aromatic rings. The summed E-state index contributed by atoms with van der Waals surface area (Å²) in [5.41, 5.74) is 0.0892. The summed E-state index contributed by atoms with van der Waals surface area (Å²) in [6.45, 7) is 1.27. The fourth-order valence-corrected chi connectivity index (χ4v) is 2.69. The molecule has 2 atom stereocenters. The molecule has 1 amide bonds. The van der Waals surface area contributed by atoms with Crippen molar-refractivity contribution in [1.82, 2.24) is 19.6 Å². The van der Waals surface area contributed by atoms with Crippen molar-refractivity contribution >= 4 is 17.7 Å². The maximum absolute atomic E-state index is 13.1. The SMILES string of the molecule is CC(C(=O)O)n1cc(C(=O)N2CCC(C(F)(F)F)n3nccc32)cn1. The van der Waals surface area contributed by atoms with Crippen molar-refractivity contribution in [3.63, 3.8) is 0 Å². The quantitative estimate of drug-likeness (QED) is 0.905. The summed E-state index contributed by atoms with van der Waals surface area (Å²) < 4.78 is 41.1. The van der Waals surface area contributed by atoms with Crippen LogP contribution in [0.1, 0.15) is 35.8 Å². The topological polar surface area (TPSA) is 93.2 Å². The van der Waals surface area contributed by atoms with E-state index in [-0.39, 0.29) is 24.3 Å². The Morgan fingerprint density at radius 2 is 2.08 bits per heavy atom. The van der Waals surface area contributed by atoms with E-state index in [1.807, 2.05) is 0 Å². The number of alkyl halides is 3. The fourth-order valence-electron chi connectivity index (χ4n) is 2.69. The number of fused-ring (bicyclic) bond motifs is 1. The highest BCUT2D eigenvalue weighted by molar-refractivity contribution is 6.05. The number of rotatable bonds is 3. The van der Waals surface area contributed by atoms with E-state index in [2.05, 4.69) is 10.2 Å². The number of carboxylic acids is 1. The van der Waals surface area contributed by atoms with Gasteiger partial charge in [-0.2, -0.15) is 23.4 Å². The largest absolute Gasteiger partial charge is 0.480 e. The van der Waals surface area contributed by atoms with Gasteiger partial charge in [0.2, 0.25) is 0 Å². The lowest BCUT2D eigenvalue weighted by atomic mass is 10.1.